The maximum Gasteiger partial charge on any atom is 0.323 e. The highest BCUT2D eigenvalue weighted by Crippen LogP contribution is 2.12. The third-order valence-electron chi connectivity index (χ3n) is 4.47. The van der Waals surface area contributed by atoms with Crippen LogP contribution in [-0.2, 0) is 11.8 Å². The summed E-state index contributed by atoms with van der Waals surface area (Å²) in [5.74, 6) is 0.502. The number of hydrogen-bond donors (Lipinski definition) is 1. The second kappa shape index (κ2) is 9.00. The molecule has 1 aliphatic rings. The predicted molar refractivity (Wildman–Crippen MR) is 105 cm³/mol. The van der Waals surface area contributed by atoms with Crippen LogP contribution in [0.2, 0.25) is 0 Å². The number of urea groups is 1. The summed E-state index contributed by atoms with van der Waals surface area (Å²) >= 11 is 0. The van der Waals surface area contributed by atoms with Gasteiger partial charge in [0.15, 0.2) is 11.6 Å². The van der Waals surface area contributed by atoms with E-state index in [0.29, 0.717) is 43.3 Å². The number of aromatic nitrogens is 3. The first-order chi connectivity index (χ1) is 14.0. The number of amides is 3. The Labute approximate surface area is 167 Å². The zero-order chi connectivity index (χ0) is 20.8. The molecule has 0 spiro atoms. The molecule has 1 N–H and O–H groups in total. The van der Waals surface area contributed by atoms with E-state index < -0.39 is 0 Å². The number of ketones is 1. The van der Waals surface area contributed by atoms with Crippen LogP contribution in [0.15, 0.2) is 42.6 Å². The topological polar surface area (TPSA) is 110 Å². The Hall–Kier alpha value is -3.69. The van der Waals surface area contributed by atoms with Gasteiger partial charge >= 0.3 is 6.03 Å². The Morgan fingerprint density at radius 1 is 1.03 bits per heavy atom. The maximum atomic E-state index is 12.3. The largest absolute Gasteiger partial charge is 0.497 e. The summed E-state index contributed by atoms with van der Waals surface area (Å²) < 4.78 is 6.55. The van der Waals surface area contributed by atoms with E-state index in [1.807, 2.05) is 0 Å². The summed E-state index contributed by atoms with van der Waals surface area (Å²) in [4.78, 5) is 39.9. The van der Waals surface area contributed by atoms with Crippen molar-refractivity contribution in [1.82, 2.24) is 24.8 Å². The lowest BCUT2D eigenvalue weighted by molar-refractivity contribution is -0.127. The van der Waals surface area contributed by atoms with Gasteiger partial charge in [-0.3, -0.25) is 19.6 Å². The molecule has 1 fully saturated rings. The minimum atomic E-state index is -0.289. The SMILES string of the molecule is COc1ccc(C(=O)/C=C/C(=O)N2CCN(C(=O)Nc3cn(C)nn3)CC2)cc1. The first-order valence-corrected chi connectivity index (χ1v) is 9.04. The van der Waals surface area contributed by atoms with Gasteiger partial charge in [-0.2, -0.15) is 0 Å². The molecule has 2 heterocycles. The Bertz CT molecular complexity index is 913. The molecular formula is C19H22N6O4. The fraction of sp³-hybridized carbons (Fsp3) is 0.316. The molecule has 3 rings (SSSR count). The minimum absolute atomic E-state index is 0.261. The van der Waals surface area contributed by atoms with Crippen molar-refractivity contribution in [2.24, 2.45) is 7.05 Å². The van der Waals surface area contributed by atoms with Gasteiger partial charge in [-0.1, -0.05) is 5.21 Å². The smallest absolute Gasteiger partial charge is 0.323 e. The zero-order valence-electron chi connectivity index (χ0n) is 16.2. The summed E-state index contributed by atoms with van der Waals surface area (Å²) in [6.45, 7) is 1.54. The molecule has 0 unspecified atom stereocenters. The molecule has 0 bridgehead atoms. The van der Waals surface area contributed by atoms with Gasteiger partial charge in [0.05, 0.1) is 13.3 Å². The van der Waals surface area contributed by atoms with Crippen molar-refractivity contribution >= 4 is 23.5 Å². The number of allylic oxidation sites excluding steroid dienone is 1. The molecular weight excluding hydrogens is 376 g/mol. The normalized spacial score (nSPS) is 14.1. The standard InChI is InChI=1S/C19H22N6O4/c1-23-13-17(21-22-23)20-19(28)25-11-9-24(10-12-25)18(27)8-7-16(26)14-3-5-15(29-2)6-4-14/h3-8,13H,9-12H2,1-2H3,(H,20,28)/b8-7+. The molecule has 1 aromatic carbocycles. The van der Waals surface area contributed by atoms with Crippen LogP contribution in [-0.4, -0.2) is 75.8 Å². The highest BCUT2D eigenvalue weighted by molar-refractivity contribution is 6.07. The van der Waals surface area contributed by atoms with E-state index in [2.05, 4.69) is 15.6 Å². The number of piperazine rings is 1. The first kappa shape index (κ1) is 20.1. The molecule has 3 amide bonds. The van der Waals surface area contributed by atoms with Gasteiger partial charge in [0.25, 0.3) is 0 Å². The predicted octanol–water partition coefficient (Wildman–Crippen LogP) is 0.939. The van der Waals surface area contributed by atoms with Crippen molar-refractivity contribution in [3.8, 4) is 5.75 Å². The van der Waals surface area contributed by atoms with E-state index in [0.717, 1.165) is 0 Å². The second-order valence-corrected chi connectivity index (χ2v) is 6.45. The lowest BCUT2D eigenvalue weighted by Crippen LogP contribution is -2.51. The monoisotopic (exact) mass is 398 g/mol. The van der Waals surface area contributed by atoms with Crippen LogP contribution >= 0.6 is 0 Å². The summed E-state index contributed by atoms with van der Waals surface area (Å²) in [5.41, 5.74) is 0.473. The number of aryl methyl sites for hydroxylation is 1. The highest BCUT2D eigenvalue weighted by Gasteiger charge is 2.23. The van der Waals surface area contributed by atoms with Gasteiger partial charge in [0.2, 0.25) is 5.91 Å². The van der Waals surface area contributed by atoms with Crippen LogP contribution in [0.3, 0.4) is 0 Å². The molecule has 0 radical (unpaired) electrons. The van der Waals surface area contributed by atoms with Gasteiger partial charge in [0.1, 0.15) is 5.75 Å². The molecule has 0 atom stereocenters. The molecule has 0 aliphatic carbocycles. The number of benzene rings is 1. The summed E-state index contributed by atoms with van der Waals surface area (Å²) in [6.07, 6.45) is 4.13. The van der Waals surface area contributed by atoms with Gasteiger partial charge in [-0.05, 0) is 30.3 Å². The summed E-state index contributed by atoms with van der Waals surface area (Å²) in [6, 6.07) is 6.37. The van der Waals surface area contributed by atoms with E-state index in [1.165, 1.54) is 16.8 Å². The van der Waals surface area contributed by atoms with Crippen molar-refractivity contribution < 1.29 is 19.1 Å². The number of methoxy groups -OCH3 is 1. The third-order valence-corrected chi connectivity index (χ3v) is 4.47. The Morgan fingerprint density at radius 2 is 1.69 bits per heavy atom. The fourth-order valence-electron chi connectivity index (χ4n) is 2.83. The molecule has 29 heavy (non-hydrogen) atoms. The van der Waals surface area contributed by atoms with Crippen molar-refractivity contribution in [3.63, 3.8) is 0 Å². The second-order valence-electron chi connectivity index (χ2n) is 6.45. The van der Waals surface area contributed by atoms with Crippen molar-refractivity contribution in [3.05, 3.63) is 48.2 Å². The zero-order valence-corrected chi connectivity index (χ0v) is 16.2. The van der Waals surface area contributed by atoms with Crippen molar-refractivity contribution in [1.29, 1.82) is 0 Å². The Kier molecular flexibility index (Phi) is 6.22. The Morgan fingerprint density at radius 3 is 2.28 bits per heavy atom. The van der Waals surface area contributed by atoms with Crippen molar-refractivity contribution in [2.45, 2.75) is 0 Å². The van der Waals surface area contributed by atoms with Crippen LogP contribution in [0.25, 0.3) is 0 Å². The first-order valence-electron chi connectivity index (χ1n) is 9.04. The van der Waals surface area contributed by atoms with E-state index in [1.54, 1.807) is 54.4 Å². The Balaban J connectivity index is 1.48. The summed E-state index contributed by atoms with van der Waals surface area (Å²) in [5, 5.41) is 10.2. The average Bonchev–Trinajstić information content (AvgIpc) is 3.16. The van der Waals surface area contributed by atoms with E-state index in [9.17, 15) is 14.4 Å². The van der Waals surface area contributed by atoms with Gasteiger partial charge in [-0.15, -0.1) is 5.10 Å². The molecule has 152 valence electrons. The number of rotatable bonds is 5. The number of carbonyl (C=O) groups is 3. The molecule has 1 saturated heterocycles. The minimum Gasteiger partial charge on any atom is -0.497 e. The van der Waals surface area contributed by atoms with E-state index in [-0.39, 0.29) is 17.7 Å². The fourth-order valence-corrected chi connectivity index (χ4v) is 2.83. The van der Waals surface area contributed by atoms with Gasteiger partial charge in [-0.25, -0.2) is 4.79 Å². The van der Waals surface area contributed by atoms with Crippen LogP contribution in [0.5, 0.6) is 5.75 Å². The highest BCUT2D eigenvalue weighted by atomic mass is 16.5. The molecule has 2 aromatic rings. The maximum absolute atomic E-state index is 12.3. The molecule has 1 aromatic heterocycles. The van der Waals surface area contributed by atoms with Crippen LogP contribution in [0.1, 0.15) is 10.4 Å². The van der Waals surface area contributed by atoms with Crippen LogP contribution in [0.4, 0.5) is 10.6 Å². The van der Waals surface area contributed by atoms with Crippen LogP contribution < -0.4 is 10.1 Å². The molecule has 10 nitrogen and oxygen atoms in total. The number of nitrogens with zero attached hydrogens (tertiary/aromatic N) is 5. The lowest BCUT2D eigenvalue weighted by atomic mass is 10.1. The molecule has 10 heteroatoms. The molecule has 1 aliphatic heterocycles. The van der Waals surface area contributed by atoms with Crippen molar-refractivity contribution in [2.75, 3.05) is 38.6 Å². The van der Waals surface area contributed by atoms with Gasteiger partial charge in [0, 0.05) is 44.9 Å². The molecule has 0 saturated carbocycles. The van der Waals surface area contributed by atoms with E-state index >= 15 is 0 Å². The number of carbonyl (C=O) groups excluding carboxylic acids is 3. The van der Waals surface area contributed by atoms with Gasteiger partial charge < -0.3 is 14.5 Å². The number of hydrogen-bond acceptors (Lipinski definition) is 6. The number of nitrogens with one attached hydrogen (secondary N) is 1. The van der Waals surface area contributed by atoms with Crippen LogP contribution in [0, 0.1) is 0 Å². The number of ether oxygens (including phenoxy) is 1. The summed E-state index contributed by atoms with van der Waals surface area (Å²) in [7, 11) is 3.26. The average molecular weight is 398 g/mol. The lowest BCUT2D eigenvalue weighted by Gasteiger charge is -2.34. The quantitative estimate of drug-likeness (QED) is 0.593. The number of anilines is 1. The van der Waals surface area contributed by atoms with E-state index in [4.69, 9.17) is 4.74 Å². The third kappa shape index (κ3) is 5.18.